The van der Waals surface area contributed by atoms with Gasteiger partial charge in [0.2, 0.25) is 0 Å². The van der Waals surface area contributed by atoms with Gasteiger partial charge >= 0.3 is 7.12 Å². The molecular weight excluding hydrogens is 397 g/mol. The Labute approximate surface area is 178 Å². The Morgan fingerprint density at radius 2 is 2.10 bits per heavy atom. The van der Waals surface area contributed by atoms with Crippen molar-refractivity contribution in [1.82, 2.24) is 20.0 Å². The molecule has 0 saturated carbocycles. The summed E-state index contributed by atoms with van der Waals surface area (Å²) >= 11 is 0. The Hall–Kier alpha value is -3.92. The maximum atomic E-state index is 10.8. The van der Waals surface area contributed by atoms with Gasteiger partial charge in [0.1, 0.15) is 5.75 Å². The maximum absolute atomic E-state index is 10.8. The number of nitrogens with zero attached hydrogens (tertiary/aromatic N) is 4. The molecule has 4 aromatic rings. The highest BCUT2D eigenvalue weighted by Crippen LogP contribution is 2.32. The zero-order chi connectivity index (χ0) is 22.0. The molecule has 10 heteroatoms. The fourth-order valence-electron chi connectivity index (χ4n) is 3.34. The molecule has 0 amide bonds. The average Bonchev–Trinajstić information content (AvgIpc) is 3.28. The molecule has 0 unspecified atom stereocenters. The second-order valence-electron chi connectivity index (χ2n) is 7.14. The lowest BCUT2D eigenvalue weighted by molar-refractivity contribution is -0.121. The van der Waals surface area contributed by atoms with Crippen LogP contribution < -0.4 is 15.9 Å². The zero-order valence-corrected chi connectivity index (χ0v) is 17.0. The molecule has 31 heavy (non-hydrogen) atoms. The highest BCUT2D eigenvalue weighted by Gasteiger charge is 2.26. The SMILES string of the molecule is CC(C)Oc1cc(-n2cccn2)c(-c2ccc3c(N)cnnc3c2)cc1B(O)OC=O. The minimum absolute atomic E-state index is 0.169. The van der Waals surface area contributed by atoms with Crippen molar-refractivity contribution in [3.05, 3.63) is 55.0 Å². The van der Waals surface area contributed by atoms with E-state index in [1.165, 1.54) is 6.20 Å². The van der Waals surface area contributed by atoms with Gasteiger partial charge in [0.15, 0.2) is 0 Å². The molecule has 0 bridgehead atoms. The third-order valence-corrected chi connectivity index (χ3v) is 4.67. The number of aromatic nitrogens is 4. The molecule has 0 saturated heterocycles. The monoisotopic (exact) mass is 417 g/mol. The van der Waals surface area contributed by atoms with E-state index in [4.69, 9.17) is 15.1 Å². The number of anilines is 1. The molecule has 2 aromatic heterocycles. The Kier molecular flexibility index (Phi) is 5.55. The number of carbonyl (C=O) groups excluding carboxylic acids is 1. The number of hydrogen-bond donors (Lipinski definition) is 2. The fourth-order valence-corrected chi connectivity index (χ4v) is 3.34. The van der Waals surface area contributed by atoms with Crippen LogP contribution in [0.3, 0.4) is 0 Å². The summed E-state index contributed by atoms with van der Waals surface area (Å²) in [6.45, 7) is 3.93. The molecule has 0 aliphatic carbocycles. The summed E-state index contributed by atoms with van der Waals surface area (Å²) in [6.07, 6.45) is 4.80. The van der Waals surface area contributed by atoms with Crippen molar-refractivity contribution >= 4 is 35.6 Å². The molecule has 2 aromatic carbocycles. The van der Waals surface area contributed by atoms with E-state index in [1.54, 1.807) is 35.3 Å². The van der Waals surface area contributed by atoms with E-state index in [-0.39, 0.29) is 12.6 Å². The Morgan fingerprint density at radius 1 is 1.26 bits per heavy atom. The molecular formula is C21H20BN5O4. The van der Waals surface area contributed by atoms with Crippen LogP contribution in [0.15, 0.2) is 55.0 Å². The van der Waals surface area contributed by atoms with E-state index in [0.717, 1.165) is 16.5 Å². The molecule has 0 radical (unpaired) electrons. The van der Waals surface area contributed by atoms with Crippen molar-refractivity contribution < 1.29 is 19.2 Å². The number of benzene rings is 2. The smallest absolute Gasteiger partial charge is 0.508 e. The summed E-state index contributed by atoms with van der Waals surface area (Å²) in [6, 6.07) is 10.9. The van der Waals surface area contributed by atoms with Crippen LogP contribution in [0.2, 0.25) is 0 Å². The summed E-state index contributed by atoms with van der Waals surface area (Å²) in [5.74, 6) is 0.378. The van der Waals surface area contributed by atoms with E-state index < -0.39 is 7.12 Å². The van der Waals surface area contributed by atoms with E-state index in [9.17, 15) is 9.82 Å². The lowest BCUT2D eigenvalue weighted by Crippen LogP contribution is -2.35. The van der Waals surface area contributed by atoms with Gasteiger partial charge in [-0.05, 0) is 43.7 Å². The standard InChI is InChI=1S/C21H20BN5O4/c1-13(2)31-21-10-20(27-7-3-6-25-27)16(9-17(21)22(29)30-12-28)14-4-5-15-18(23)11-24-26-19(15)8-14/h3-13,29H,1-2H3,(H2,23,26). The second kappa shape index (κ2) is 8.45. The number of nitrogens with two attached hydrogens (primary N) is 1. The summed E-state index contributed by atoms with van der Waals surface area (Å²) in [5.41, 5.74) is 9.67. The molecule has 0 aliphatic heterocycles. The van der Waals surface area contributed by atoms with Crippen LogP contribution in [-0.2, 0) is 9.45 Å². The van der Waals surface area contributed by atoms with Gasteiger partial charge in [-0.15, -0.1) is 0 Å². The second-order valence-corrected chi connectivity index (χ2v) is 7.14. The van der Waals surface area contributed by atoms with Gasteiger partial charge in [0.25, 0.3) is 6.47 Å². The van der Waals surface area contributed by atoms with Crippen LogP contribution in [0.4, 0.5) is 5.69 Å². The third kappa shape index (κ3) is 4.06. The van der Waals surface area contributed by atoms with Gasteiger partial charge in [-0.2, -0.15) is 15.3 Å². The largest absolute Gasteiger partial charge is 0.565 e. The third-order valence-electron chi connectivity index (χ3n) is 4.67. The molecule has 4 rings (SSSR count). The van der Waals surface area contributed by atoms with Crippen molar-refractivity contribution in [1.29, 1.82) is 0 Å². The molecule has 0 spiro atoms. The van der Waals surface area contributed by atoms with Crippen LogP contribution in [0, 0.1) is 0 Å². The number of hydrogen-bond acceptors (Lipinski definition) is 8. The molecule has 9 nitrogen and oxygen atoms in total. The number of fused-ring (bicyclic) bond motifs is 1. The van der Waals surface area contributed by atoms with E-state index in [2.05, 4.69) is 15.3 Å². The topological polar surface area (TPSA) is 125 Å². The summed E-state index contributed by atoms with van der Waals surface area (Å²) in [5, 5.41) is 23.6. The minimum Gasteiger partial charge on any atom is -0.508 e. The lowest BCUT2D eigenvalue weighted by Gasteiger charge is -2.19. The molecule has 156 valence electrons. The summed E-state index contributed by atoms with van der Waals surface area (Å²) in [4.78, 5) is 10.8. The van der Waals surface area contributed by atoms with Crippen molar-refractivity contribution in [2.24, 2.45) is 0 Å². The predicted octanol–water partition coefficient (Wildman–Crippen LogP) is 1.71. The first-order valence-electron chi connectivity index (χ1n) is 9.61. The number of ether oxygens (including phenoxy) is 1. The quantitative estimate of drug-likeness (QED) is 0.344. The van der Waals surface area contributed by atoms with Crippen molar-refractivity contribution in [2.45, 2.75) is 20.0 Å². The average molecular weight is 417 g/mol. The zero-order valence-electron chi connectivity index (χ0n) is 17.0. The highest BCUT2D eigenvalue weighted by molar-refractivity contribution is 6.62. The fraction of sp³-hybridized carbons (Fsp3) is 0.143. The van der Waals surface area contributed by atoms with Gasteiger partial charge in [-0.3, -0.25) is 4.79 Å². The van der Waals surface area contributed by atoms with Crippen LogP contribution >= 0.6 is 0 Å². The van der Waals surface area contributed by atoms with Crippen molar-refractivity contribution in [3.8, 4) is 22.6 Å². The maximum Gasteiger partial charge on any atom is 0.565 e. The highest BCUT2D eigenvalue weighted by atomic mass is 16.6. The van der Waals surface area contributed by atoms with Crippen molar-refractivity contribution in [2.75, 3.05) is 5.73 Å². The van der Waals surface area contributed by atoms with Crippen LogP contribution in [0.5, 0.6) is 5.75 Å². The van der Waals surface area contributed by atoms with Crippen LogP contribution in [0.1, 0.15) is 13.8 Å². The van der Waals surface area contributed by atoms with Gasteiger partial charge in [-0.25, -0.2) is 4.68 Å². The van der Waals surface area contributed by atoms with E-state index in [1.807, 2.05) is 32.0 Å². The lowest BCUT2D eigenvalue weighted by atomic mass is 9.77. The molecule has 0 aliphatic rings. The van der Waals surface area contributed by atoms with Crippen molar-refractivity contribution in [3.63, 3.8) is 0 Å². The first kappa shape index (κ1) is 20.4. The van der Waals surface area contributed by atoms with Gasteiger partial charge < -0.3 is 20.1 Å². The predicted molar refractivity (Wildman–Crippen MR) is 117 cm³/mol. The molecule has 2 heterocycles. The first-order chi connectivity index (χ1) is 15.0. The summed E-state index contributed by atoms with van der Waals surface area (Å²) in [7, 11) is -1.49. The van der Waals surface area contributed by atoms with Crippen LogP contribution in [0.25, 0.3) is 27.7 Å². The van der Waals surface area contributed by atoms with E-state index in [0.29, 0.717) is 28.1 Å². The number of rotatable bonds is 7. The first-order valence-corrected chi connectivity index (χ1v) is 9.61. The molecule has 3 N–H and O–H groups in total. The Bertz CT molecular complexity index is 1230. The summed E-state index contributed by atoms with van der Waals surface area (Å²) < 4.78 is 12.4. The normalized spacial score (nSPS) is 11.0. The molecule has 0 atom stereocenters. The molecule has 0 fully saturated rings. The van der Waals surface area contributed by atoms with Crippen LogP contribution in [-0.4, -0.2) is 44.7 Å². The van der Waals surface area contributed by atoms with E-state index >= 15 is 0 Å². The number of carbonyl (C=O) groups is 1. The Morgan fingerprint density at radius 3 is 2.81 bits per heavy atom. The van der Waals surface area contributed by atoms with Gasteiger partial charge in [0, 0.05) is 34.9 Å². The van der Waals surface area contributed by atoms with Gasteiger partial charge in [0.05, 0.1) is 29.2 Å². The minimum atomic E-state index is -1.49. The number of nitrogen functional groups attached to an aromatic ring is 1. The Balaban J connectivity index is 1.97. The van der Waals surface area contributed by atoms with Gasteiger partial charge in [-0.1, -0.05) is 6.07 Å².